The number of likely N-dealkylation sites (N-methyl/N-ethyl adjacent to an activating group) is 1. The van der Waals surface area contributed by atoms with E-state index in [1.165, 1.54) is 32.4 Å². The molecular formula is C16H16Cl2N2O4S. The van der Waals surface area contributed by atoms with Crippen LogP contribution in [0.2, 0.25) is 10.0 Å². The van der Waals surface area contributed by atoms with Gasteiger partial charge < -0.3 is 10.1 Å². The van der Waals surface area contributed by atoms with Crippen molar-refractivity contribution in [3.8, 4) is 5.75 Å². The first-order valence-corrected chi connectivity index (χ1v) is 9.28. The van der Waals surface area contributed by atoms with Gasteiger partial charge in [-0.2, -0.15) is 4.31 Å². The SMILES string of the molecule is COc1cccc(NC(=O)CN(C)S(=O)(=O)c2cc(Cl)cc(Cl)c2)c1. The number of anilines is 1. The minimum Gasteiger partial charge on any atom is -0.497 e. The van der Waals surface area contributed by atoms with E-state index >= 15 is 0 Å². The molecule has 0 radical (unpaired) electrons. The molecule has 2 rings (SSSR count). The summed E-state index contributed by atoms with van der Waals surface area (Å²) in [5.74, 6) is 0.0831. The van der Waals surface area contributed by atoms with Crippen LogP contribution < -0.4 is 10.1 Å². The summed E-state index contributed by atoms with van der Waals surface area (Å²) in [6.45, 7) is -0.371. The topological polar surface area (TPSA) is 75.7 Å². The first-order valence-electron chi connectivity index (χ1n) is 7.08. The maximum Gasteiger partial charge on any atom is 0.243 e. The molecule has 6 nitrogen and oxygen atoms in total. The zero-order valence-electron chi connectivity index (χ0n) is 13.5. The van der Waals surface area contributed by atoms with Crippen molar-refractivity contribution in [2.24, 2.45) is 0 Å². The second-order valence-electron chi connectivity index (χ2n) is 5.15. The lowest BCUT2D eigenvalue weighted by Crippen LogP contribution is -2.35. The van der Waals surface area contributed by atoms with Gasteiger partial charge in [-0.1, -0.05) is 29.3 Å². The zero-order valence-corrected chi connectivity index (χ0v) is 15.8. The first kappa shape index (κ1) is 19.5. The number of methoxy groups -OCH3 is 1. The van der Waals surface area contributed by atoms with Crippen LogP contribution in [0.25, 0.3) is 0 Å². The smallest absolute Gasteiger partial charge is 0.243 e. The van der Waals surface area contributed by atoms with Gasteiger partial charge in [-0.25, -0.2) is 8.42 Å². The maximum absolute atomic E-state index is 12.5. The fourth-order valence-corrected chi connectivity index (χ4v) is 3.90. The average Bonchev–Trinajstić information content (AvgIpc) is 2.53. The van der Waals surface area contributed by atoms with Gasteiger partial charge in [0, 0.05) is 28.8 Å². The summed E-state index contributed by atoms with van der Waals surface area (Å²) >= 11 is 11.7. The normalized spacial score (nSPS) is 11.4. The van der Waals surface area contributed by atoms with E-state index in [1.54, 1.807) is 24.3 Å². The van der Waals surface area contributed by atoms with Crippen molar-refractivity contribution in [3.05, 3.63) is 52.5 Å². The fraction of sp³-hybridized carbons (Fsp3) is 0.188. The van der Waals surface area contributed by atoms with E-state index in [4.69, 9.17) is 27.9 Å². The van der Waals surface area contributed by atoms with Crippen molar-refractivity contribution in [2.75, 3.05) is 26.0 Å². The Hall–Kier alpha value is -1.80. The molecule has 134 valence electrons. The fourth-order valence-electron chi connectivity index (χ4n) is 2.05. The molecule has 0 heterocycles. The van der Waals surface area contributed by atoms with Gasteiger partial charge in [0.25, 0.3) is 0 Å². The second-order valence-corrected chi connectivity index (χ2v) is 8.06. The highest BCUT2D eigenvalue weighted by Gasteiger charge is 2.24. The molecule has 9 heteroatoms. The molecule has 0 fully saturated rings. The van der Waals surface area contributed by atoms with Crippen LogP contribution in [0.3, 0.4) is 0 Å². The number of sulfonamides is 1. The summed E-state index contributed by atoms with van der Waals surface area (Å²) in [4.78, 5) is 12.0. The lowest BCUT2D eigenvalue weighted by molar-refractivity contribution is -0.116. The van der Waals surface area contributed by atoms with Crippen LogP contribution in [0.1, 0.15) is 0 Å². The number of ether oxygens (including phenoxy) is 1. The summed E-state index contributed by atoms with van der Waals surface area (Å²) in [6, 6.07) is 10.7. The molecule has 2 aromatic rings. The van der Waals surface area contributed by atoms with E-state index in [2.05, 4.69) is 5.32 Å². The van der Waals surface area contributed by atoms with Crippen LogP contribution in [0.15, 0.2) is 47.4 Å². The number of nitrogens with zero attached hydrogens (tertiary/aromatic N) is 1. The van der Waals surface area contributed by atoms with Gasteiger partial charge in [0.05, 0.1) is 18.6 Å². The summed E-state index contributed by atoms with van der Waals surface area (Å²) in [5, 5.41) is 3.01. The molecule has 0 saturated heterocycles. The standard InChI is InChI=1S/C16H16Cl2N2O4S/c1-20(25(22,23)15-7-11(17)6-12(18)8-15)10-16(21)19-13-4-3-5-14(9-13)24-2/h3-9H,10H2,1-2H3,(H,19,21). The van der Waals surface area contributed by atoms with Crippen LogP contribution in [-0.2, 0) is 14.8 Å². The molecular weight excluding hydrogens is 387 g/mol. The van der Waals surface area contributed by atoms with E-state index in [1.807, 2.05) is 0 Å². The molecule has 0 bridgehead atoms. The number of hydrogen-bond donors (Lipinski definition) is 1. The molecule has 0 aliphatic rings. The lowest BCUT2D eigenvalue weighted by Gasteiger charge is -2.17. The van der Waals surface area contributed by atoms with Crippen molar-refractivity contribution < 1.29 is 17.9 Å². The summed E-state index contributed by atoms with van der Waals surface area (Å²) < 4.78 is 31.1. The molecule has 1 N–H and O–H groups in total. The number of rotatable bonds is 6. The van der Waals surface area contributed by atoms with E-state index in [0.717, 1.165) is 4.31 Å². The number of halogens is 2. The number of hydrogen-bond acceptors (Lipinski definition) is 4. The molecule has 0 atom stereocenters. The van der Waals surface area contributed by atoms with Gasteiger partial charge in [0.2, 0.25) is 15.9 Å². The number of carbonyl (C=O) groups excluding carboxylic acids is 1. The summed E-state index contributed by atoms with van der Waals surface area (Å²) in [6.07, 6.45) is 0. The van der Waals surface area contributed by atoms with Crippen LogP contribution in [0.4, 0.5) is 5.69 Å². The third kappa shape index (κ3) is 5.09. The highest BCUT2D eigenvalue weighted by Crippen LogP contribution is 2.24. The maximum atomic E-state index is 12.5. The predicted molar refractivity (Wildman–Crippen MR) is 97.9 cm³/mol. The second kappa shape index (κ2) is 8.05. The van der Waals surface area contributed by atoms with Gasteiger partial charge in [-0.3, -0.25) is 4.79 Å². The Labute approximate surface area is 156 Å². The largest absolute Gasteiger partial charge is 0.497 e. The Kier molecular flexibility index (Phi) is 6.29. The van der Waals surface area contributed by atoms with E-state index in [-0.39, 0.29) is 21.5 Å². The number of nitrogens with one attached hydrogen (secondary N) is 1. The quantitative estimate of drug-likeness (QED) is 0.804. The van der Waals surface area contributed by atoms with Gasteiger partial charge in [-0.15, -0.1) is 0 Å². The summed E-state index contributed by atoms with van der Waals surface area (Å²) in [7, 11) is -1.09. The van der Waals surface area contributed by atoms with Crippen LogP contribution >= 0.6 is 23.2 Å². The molecule has 1 amide bonds. The van der Waals surface area contributed by atoms with Crippen LogP contribution in [0.5, 0.6) is 5.75 Å². The minimum atomic E-state index is -3.91. The Bertz CT molecular complexity index is 867. The first-order chi connectivity index (χ1) is 11.7. The van der Waals surface area contributed by atoms with Gasteiger partial charge in [-0.05, 0) is 30.3 Å². The monoisotopic (exact) mass is 402 g/mol. The van der Waals surface area contributed by atoms with Crippen molar-refractivity contribution in [1.29, 1.82) is 0 Å². The Balaban J connectivity index is 2.11. The molecule has 0 aromatic heterocycles. The lowest BCUT2D eigenvalue weighted by atomic mass is 10.3. The molecule has 0 unspecified atom stereocenters. The minimum absolute atomic E-state index is 0.0818. The van der Waals surface area contributed by atoms with Crippen LogP contribution in [-0.4, -0.2) is 39.3 Å². The number of amides is 1. The van der Waals surface area contributed by atoms with E-state index in [0.29, 0.717) is 11.4 Å². The third-order valence-electron chi connectivity index (χ3n) is 3.26. The van der Waals surface area contributed by atoms with E-state index in [9.17, 15) is 13.2 Å². The van der Waals surface area contributed by atoms with Gasteiger partial charge >= 0.3 is 0 Å². The molecule has 25 heavy (non-hydrogen) atoms. The Morgan fingerprint density at radius 2 is 1.80 bits per heavy atom. The Morgan fingerprint density at radius 1 is 1.16 bits per heavy atom. The molecule has 0 aliphatic carbocycles. The third-order valence-corrected chi connectivity index (χ3v) is 5.48. The number of carbonyl (C=O) groups is 1. The zero-order chi connectivity index (χ0) is 18.6. The molecule has 2 aromatic carbocycles. The van der Waals surface area contributed by atoms with Crippen molar-refractivity contribution in [2.45, 2.75) is 4.90 Å². The molecule has 0 aliphatic heterocycles. The average molecular weight is 403 g/mol. The highest BCUT2D eigenvalue weighted by molar-refractivity contribution is 7.89. The molecule has 0 saturated carbocycles. The van der Waals surface area contributed by atoms with Gasteiger partial charge in [0.15, 0.2) is 0 Å². The molecule has 0 spiro atoms. The van der Waals surface area contributed by atoms with Gasteiger partial charge in [0.1, 0.15) is 5.75 Å². The van der Waals surface area contributed by atoms with Crippen molar-refractivity contribution in [1.82, 2.24) is 4.31 Å². The van der Waals surface area contributed by atoms with Crippen molar-refractivity contribution in [3.63, 3.8) is 0 Å². The van der Waals surface area contributed by atoms with Crippen molar-refractivity contribution >= 4 is 44.8 Å². The highest BCUT2D eigenvalue weighted by atomic mass is 35.5. The Morgan fingerprint density at radius 3 is 2.40 bits per heavy atom. The number of benzene rings is 2. The summed E-state index contributed by atoms with van der Waals surface area (Å²) in [5.41, 5.74) is 0.501. The predicted octanol–water partition coefficient (Wildman–Crippen LogP) is 3.26. The van der Waals surface area contributed by atoms with Crippen LogP contribution in [0, 0.1) is 0 Å². The van der Waals surface area contributed by atoms with E-state index < -0.39 is 15.9 Å².